The van der Waals surface area contributed by atoms with E-state index in [0.29, 0.717) is 22.5 Å². The lowest BCUT2D eigenvalue weighted by atomic mass is 9.49. The molecule has 31 heavy (non-hydrogen) atoms. The van der Waals surface area contributed by atoms with Gasteiger partial charge in [-0.05, 0) is 94.1 Å². The summed E-state index contributed by atoms with van der Waals surface area (Å²) in [7, 11) is 0. The highest BCUT2D eigenvalue weighted by Crippen LogP contribution is 2.59. The van der Waals surface area contributed by atoms with Gasteiger partial charge in [-0.1, -0.05) is 11.6 Å². The summed E-state index contributed by atoms with van der Waals surface area (Å²) in [6.45, 7) is 3.95. The summed E-state index contributed by atoms with van der Waals surface area (Å²) >= 11 is 6.30. The molecule has 1 aromatic rings. The van der Waals surface area contributed by atoms with Crippen molar-refractivity contribution in [1.29, 1.82) is 0 Å². The fraction of sp³-hybridized carbons (Fsp3) is 0.739. The second kappa shape index (κ2) is 11.5. The molecule has 5 rings (SSSR count). The molecule has 0 saturated heterocycles. The van der Waals surface area contributed by atoms with E-state index >= 15 is 0 Å². The molecule has 1 amide bonds. The Kier molecular flexibility index (Phi) is 9.90. The van der Waals surface area contributed by atoms with E-state index in [4.69, 9.17) is 11.6 Å². The van der Waals surface area contributed by atoms with Crippen molar-refractivity contribution in [3.8, 4) is 0 Å². The fourth-order valence-corrected chi connectivity index (χ4v) is 6.56. The van der Waals surface area contributed by atoms with Crippen molar-refractivity contribution in [2.24, 2.45) is 23.2 Å². The summed E-state index contributed by atoms with van der Waals surface area (Å²) in [5.41, 5.74) is 1.74. The van der Waals surface area contributed by atoms with Gasteiger partial charge in [0.15, 0.2) is 0 Å². The van der Waals surface area contributed by atoms with Gasteiger partial charge in [-0.15, -0.1) is 24.8 Å². The van der Waals surface area contributed by atoms with E-state index in [2.05, 4.69) is 15.6 Å². The van der Waals surface area contributed by atoms with Crippen molar-refractivity contribution in [2.75, 3.05) is 19.6 Å². The summed E-state index contributed by atoms with van der Waals surface area (Å²) in [4.78, 5) is 17.3. The van der Waals surface area contributed by atoms with E-state index in [9.17, 15) is 9.90 Å². The van der Waals surface area contributed by atoms with Crippen LogP contribution in [0.25, 0.3) is 0 Å². The maximum Gasteiger partial charge on any atom is 0.252 e. The van der Waals surface area contributed by atoms with Crippen LogP contribution < -0.4 is 10.6 Å². The van der Waals surface area contributed by atoms with Gasteiger partial charge in [-0.2, -0.15) is 0 Å². The number of carbonyl (C=O) groups excluding carboxylic acids is 1. The minimum Gasteiger partial charge on any atom is -0.392 e. The lowest BCUT2D eigenvalue weighted by molar-refractivity contribution is -0.0503. The van der Waals surface area contributed by atoms with Crippen LogP contribution in [-0.2, 0) is 6.42 Å². The molecule has 4 fully saturated rings. The van der Waals surface area contributed by atoms with Crippen molar-refractivity contribution < 1.29 is 9.90 Å². The standard InChI is InChI=1S/C23H34ClN3O2.2ClH/c1-15(28)12-25-4-2-3-19-8-20(21(24)13-26-19)22(29)27-14-23-9-16-5-17(10-23)7-18(6-16)11-23;;/h8,13,15-18,25,28H,2-7,9-12,14H2,1H3,(H,27,29);2*1H/t15-,16?,17?,18?,23?;;/m1../s1. The van der Waals surface area contributed by atoms with Crippen LogP contribution in [-0.4, -0.2) is 41.7 Å². The Balaban J connectivity index is 0.00000171. The molecule has 1 heterocycles. The minimum absolute atomic E-state index is 0. The zero-order chi connectivity index (χ0) is 20.4. The lowest BCUT2D eigenvalue weighted by Crippen LogP contribution is -2.51. The third-order valence-electron chi connectivity index (χ3n) is 7.17. The van der Waals surface area contributed by atoms with Crippen LogP contribution in [0.3, 0.4) is 0 Å². The van der Waals surface area contributed by atoms with E-state index in [1.54, 1.807) is 13.1 Å². The number of aromatic nitrogens is 1. The van der Waals surface area contributed by atoms with Gasteiger partial charge in [0.2, 0.25) is 0 Å². The van der Waals surface area contributed by atoms with Gasteiger partial charge >= 0.3 is 0 Å². The smallest absolute Gasteiger partial charge is 0.252 e. The molecule has 0 radical (unpaired) electrons. The quantitative estimate of drug-likeness (QED) is 0.446. The topological polar surface area (TPSA) is 74.2 Å². The number of aryl methyl sites for hydroxylation is 1. The maximum absolute atomic E-state index is 12.9. The summed E-state index contributed by atoms with van der Waals surface area (Å²) in [6.07, 6.45) is 11.0. The Morgan fingerprint density at radius 3 is 2.42 bits per heavy atom. The second-order valence-electron chi connectivity index (χ2n) is 9.91. The number of aliphatic hydroxyl groups excluding tert-OH is 1. The summed E-state index contributed by atoms with van der Waals surface area (Å²) < 4.78 is 0. The van der Waals surface area contributed by atoms with Gasteiger partial charge < -0.3 is 15.7 Å². The van der Waals surface area contributed by atoms with E-state index < -0.39 is 0 Å². The molecule has 1 aromatic heterocycles. The first-order valence-electron chi connectivity index (χ1n) is 11.2. The number of hydrogen-bond donors (Lipinski definition) is 3. The molecular formula is C23H36Cl3N3O2. The SMILES string of the molecule is C[C@@H](O)CNCCCc1cc(C(=O)NCC23CC4CC(CC(C4)C2)C3)c(Cl)cn1.Cl.Cl. The molecule has 4 saturated carbocycles. The molecule has 0 aliphatic heterocycles. The number of nitrogens with zero attached hydrogens (tertiary/aromatic N) is 1. The number of hydrogen-bond acceptors (Lipinski definition) is 4. The van der Waals surface area contributed by atoms with Crippen molar-refractivity contribution >= 4 is 42.3 Å². The zero-order valence-corrected chi connectivity index (χ0v) is 20.6. The van der Waals surface area contributed by atoms with E-state index in [-0.39, 0.29) is 36.8 Å². The molecule has 8 heteroatoms. The molecule has 0 unspecified atom stereocenters. The highest BCUT2D eigenvalue weighted by Gasteiger charge is 2.50. The predicted molar refractivity (Wildman–Crippen MR) is 130 cm³/mol. The largest absolute Gasteiger partial charge is 0.392 e. The molecule has 4 bridgehead atoms. The number of rotatable bonds is 9. The molecule has 1 atom stereocenters. The van der Waals surface area contributed by atoms with Crippen molar-refractivity contribution in [2.45, 2.75) is 64.4 Å². The summed E-state index contributed by atoms with van der Waals surface area (Å²) in [6, 6.07) is 1.84. The van der Waals surface area contributed by atoms with Gasteiger partial charge in [0, 0.05) is 25.0 Å². The first-order valence-corrected chi connectivity index (χ1v) is 11.6. The van der Waals surface area contributed by atoms with Crippen LogP contribution in [0.15, 0.2) is 12.3 Å². The highest BCUT2D eigenvalue weighted by molar-refractivity contribution is 6.33. The molecule has 176 valence electrons. The zero-order valence-electron chi connectivity index (χ0n) is 18.2. The maximum atomic E-state index is 12.9. The van der Waals surface area contributed by atoms with Crippen molar-refractivity contribution in [3.05, 3.63) is 28.5 Å². The number of amides is 1. The van der Waals surface area contributed by atoms with Crippen LogP contribution in [0.2, 0.25) is 5.02 Å². The van der Waals surface area contributed by atoms with E-state index in [0.717, 1.165) is 49.4 Å². The second-order valence-corrected chi connectivity index (χ2v) is 10.3. The molecule has 5 nitrogen and oxygen atoms in total. The van der Waals surface area contributed by atoms with Crippen LogP contribution >= 0.6 is 36.4 Å². The number of aliphatic hydroxyl groups is 1. The molecule has 4 aliphatic rings. The minimum atomic E-state index is -0.340. The molecular weight excluding hydrogens is 457 g/mol. The third kappa shape index (κ3) is 6.70. The van der Waals surface area contributed by atoms with Crippen molar-refractivity contribution in [1.82, 2.24) is 15.6 Å². The van der Waals surface area contributed by atoms with Gasteiger partial charge in [-0.3, -0.25) is 9.78 Å². The first kappa shape index (κ1) is 26.7. The number of halogens is 3. The fourth-order valence-electron chi connectivity index (χ4n) is 6.37. The Hall–Kier alpha value is -0.590. The predicted octanol–water partition coefficient (Wildman–Crippen LogP) is 4.43. The monoisotopic (exact) mass is 491 g/mol. The van der Waals surface area contributed by atoms with Crippen molar-refractivity contribution in [3.63, 3.8) is 0 Å². The summed E-state index contributed by atoms with van der Waals surface area (Å²) in [5, 5.41) is 16.1. The van der Waals surface area contributed by atoms with E-state index in [1.807, 2.05) is 6.07 Å². The Morgan fingerprint density at radius 2 is 1.84 bits per heavy atom. The van der Waals surface area contributed by atoms with Gasteiger partial charge in [0.05, 0.1) is 16.7 Å². The number of pyridine rings is 1. The molecule has 0 aromatic carbocycles. The van der Waals surface area contributed by atoms with Crippen LogP contribution in [0.4, 0.5) is 0 Å². The average Bonchev–Trinajstić information content (AvgIpc) is 2.66. The lowest BCUT2D eigenvalue weighted by Gasteiger charge is -2.56. The molecule has 3 N–H and O–H groups in total. The Bertz CT molecular complexity index is 709. The van der Waals surface area contributed by atoms with Gasteiger partial charge in [0.25, 0.3) is 5.91 Å². The Labute approximate surface area is 203 Å². The molecule has 0 spiro atoms. The molecule has 4 aliphatic carbocycles. The summed E-state index contributed by atoms with van der Waals surface area (Å²) in [5.74, 6) is 2.59. The van der Waals surface area contributed by atoms with Gasteiger partial charge in [-0.25, -0.2) is 0 Å². The first-order chi connectivity index (χ1) is 13.9. The van der Waals surface area contributed by atoms with E-state index in [1.165, 1.54) is 38.5 Å². The number of carbonyl (C=O) groups is 1. The average molecular weight is 493 g/mol. The number of nitrogens with one attached hydrogen (secondary N) is 2. The Morgan fingerprint density at radius 1 is 1.23 bits per heavy atom. The van der Waals surface area contributed by atoms with Crippen LogP contribution in [0.5, 0.6) is 0 Å². The third-order valence-corrected chi connectivity index (χ3v) is 7.47. The normalized spacial score (nSPS) is 29.1. The van der Waals surface area contributed by atoms with Gasteiger partial charge in [0.1, 0.15) is 0 Å². The van der Waals surface area contributed by atoms with Crippen LogP contribution in [0, 0.1) is 23.2 Å². The highest BCUT2D eigenvalue weighted by atomic mass is 35.5. The van der Waals surface area contributed by atoms with Crippen LogP contribution in [0.1, 0.15) is 67.9 Å².